The van der Waals surface area contributed by atoms with Crippen LogP contribution in [0, 0.1) is 0 Å². The highest BCUT2D eigenvalue weighted by Crippen LogP contribution is 2.19. The molecule has 1 aromatic heterocycles. The van der Waals surface area contributed by atoms with Crippen LogP contribution in [0.3, 0.4) is 0 Å². The summed E-state index contributed by atoms with van der Waals surface area (Å²) in [6.07, 6.45) is 0. The summed E-state index contributed by atoms with van der Waals surface area (Å²) < 4.78 is 5.36. The van der Waals surface area contributed by atoms with Crippen molar-refractivity contribution in [2.24, 2.45) is 0 Å². The summed E-state index contributed by atoms with van der Waals surface area (Å²) >= 11 is 3.17. The maximum absolute atomic E-state index is 11.7. The Balaban J connectivity index is 2.51. The van der Waals surface area contributed by atoms with E-state index in [0.717, 1.165) is 5.56 Å². The summed E-state index contributed by atoms with van der Waals surface area (Å²) in [6.45, 7) is 0.246. The van der Waals surface area contributed by atoms with E-state index in [1.54, 1.807) is 12.1 Å². The van der Waals surface area contributed by atoms with Gasteiger partial charge in [0, 0.05) is 12.7 Å². The summed E-state index contributed by atoms with van der Waals surface area (Å²) in [4.78, 5) is 18.7. The molecule has 2 rings (SSSR count). The zero-order valence-electron chi connectivity index (χ0n) is 9.61. The van der Waals surface area contributed by atoms with Crippen LogP contribution >= 0.6 is 15.9 Å². The lowest BCUT2D eigenvalue weighted by Gasteiger charge is -2.06. The summed E-state index contributed by atoms with van der Waals surface area (Å²) in [5.74, 6) is 0.602. The number of H-pyrrole nitrogens is 1. The minimum atomic E-state index is -0.264. The van der Waals surface area contributed by atoms with E-state index < -0.39 is 0 Å². The molecule has 0 saturated heterocycles. The Hall–Kier alpha value is -1.66. The van der Waals surface area contributed by atoms with E-state index in [2.05, 4.69) is 25.9 Å². The fourth-order valence-electron chi connectivity index (χ4n) is 1.49. The summed E-state index contributed by atoms with van der Waals surface area (Å²) in [5.41, 5.74) is 0.985. The maximum Gasteiger partial charge on any atom is 0.265 e. The Morgan fingerprint density at radius 1 is 1.39 bits per heavy atom. The van der Waals surface area contributed by atoms with Crippen LogP contribution in [-0.4, -0.2) is 22.2 Å². The molecule has 0 saturated carbocycles. The molecule has 0 bridgehead atoms. The van der Waals surface area contributed by atoms with Gasteiger partial charge < -0.3 is 14.8 Å². The number of nitrogens with zero attached hydrogens (tertiary/aromatic N) is 1. The highest BCUT2D eigenvalue weighted by Gasteiger charge is 2.10. The highest BCUT2D eigenvalue weighted by molar-refractivity contribution is 9.10. The summed E-state index contributed by atoms with van der Waals surface area (Å²) in [7, 11) is 1.54. The van der Waals surface area contributed by atoms with Crippen LogP contribution in [0.4, 0.5) is 0 Å². The van der Waals surface area contributed by atoms with Gasteiger partial charge in [0.05, 0.1) is 12.3 Å². The van der Waals surface area contributed by atoms with Crippen LogP contribution in [0.2, 0.25) is 0 Å². The van der Waals surface area contributed by atoms with E-state index in [1.165, 1.54) is 19.2 Å². The van der Waals surface area contributed by atoms with Crippen LogP contribution < -0.4 is 5.56 Å². The molecule has 0 aliphatic carbocycles. The molecular formula is C12H11BrN2O3. The normalized spacial score (nSPS) is 10.6. The van der Waals surface area contributed by atoms with Crippen molar-refractivity contribution in [1.29, 1.82) is 0 Å². The largest absolute Gasteiger partial charge is 0.508 e. The van der Waals surface area contributed by atoms with E-state index in [1.807, 2.05) is 0 Å². The lowest BCUT2D eigenvalue weighted by atomic mass is 10.2. The molecule has 0 atom stereocenters. The fraction of sp³-hybridized carbons (Fsp3) is 0.167. The van der Waals surface area contributed by atoms with Crippen molar-refractivity contribution in [2.45, 2.75) is 6.61 Å². The smallest absolute Gasteiger partial charge is 0.265 e. The van der Waals surface area contributed by atoms with Gasteiger partial charge >= 0.3 is 0 Å². The number of aromatic hydroxyl groups is 1. The highest BCUT2D eigenvalue weighted by atomic mass is 79.9. The van der Waals surface area contributed by atoms with E-state index >= 15 is 0 Å². The van der Waals surface area contributed by atoms with Crippen molar-refractivity contribution in [3.63, 3.8) is 0 Å². The summed E-state index contributed by atoms with van der Waals surface area (Å²) in [5, 5.41) is 9.22. The van der Waals surface area contributed by atoms with Crippen LogP contribution in [0.25, 0.3) is 11.4 Å². The molecule has 0 aliphatic heterocycles. The molecule has 2 aromatic rings. The quantitative estimate of drug-likeness (QED) is 0.910. The molecule has 0 fully saturated rings. The average molecular weight is 311 g/mol. The van der Waals surface area contributed by atoms with Crippen LogP contribution in [0.15, 0.2) is 33.5 Å². The molecule has 0 unspecified atom stereocenters. The zero-order chi connectivity index (χ0) is 13.1. The molecule has 0 aliphatic rings. The Labute approximate surface area is 112 Å². The van der Waals surface area contributed by atoms with Crippen LogP contribution in [0.5, 0.6) is 5.75 Å². The van der Waals surface area contributed by atoms with Gasteiger partial charge in [-0.3, -0.25) is 4.79 Å². The predicted octanol–water partition coefficient (Wildman–Crippen LogP) is 2.05. The maximum atomic E-state index is 11.7. The first kappa shape index (κ1) is 12.8. The number of rotatable bonds is 3. The molecule has 0 radical (unpaired) electrons. The second kappa shape index (κ2) is 5.32. The molecular weight excluding hydrogens is 300 g/mol. The van der Waals surface area contributed by atoms with Gasteiger partial charge in [0.1, 0.15) is 16.0 Å². The van der Waals surface area contributed by atoms with Crippen molar-refractivity contribution in [3.8, 4) is 17.1 Å². The molecule has 18 heavy (non-hydrogen) atoms. The second-order valence-corrected chi connectivity index (χ2v) is 4.45. The third-order valence-corrected chi connectivity index (χ3v) is 3.17. The second-order valence-electron chi connectivity index (χ2n) is 3.66. The van der Waals surface area contributed by atoms with Gasteiger partial charge in [-0.25, -0.2) is 4.98 Å². The SMILES string of the molecule is COCc1nc(-c2ccc(O)cc2)[nH]c(=O)c1Br. The number of methoxy groups -OCH3 is 1. The Morgan fingerprint density at radius 3 is 2.67 bits per heavy atom. The summed E-state index contributed by atoms with van der Waals surface area (Å²) in [6, 6.07) is 6.43. The lowest BCUT2D eigenvalue weighted by molar-refractivity contribution is 0.180. The fourth-order valence-corrected chi connectivity index (χ4v) is 1.80. The Kier molecular flexibility index (Phi) is 3.78. The van der Waals surface area contributed by atoms with E-state index in [0.29, 0.717) is 16.0 Å². The molecule has 0 spiro atoms. The first-order valence-corrected chi connectivity index (χ1v) is 5.98. The minimum Gasteiger partial charge on any atom is -0.508 e. The van der Waals surface area contributed by atoms with Gasteiger partial charge in [-0.2, -0.15) is 0 Å². The molecule has 94 valence electrons. The number of aromatic amines is 1. The van der Waals surface area contributed by atoms with E-state index in [-0.39, 0.29) is 17.9 Å². The number of ether oxygens (including phenoxy) is 1. The number of halogens is 1. The van der Waals surface area contributed by atoms with Crippen molar-refractivity contribution >= 4 is 15.9 Å². The average Bonchev–Trinajstić information content (AvgIpc) is 2.36. The number of hydrogen-bond donors (Lipinski definition) is 2. The first-order valence-electron chi connectivity index (χ1n) is 5.19. The molecule has 6 heteroatoms. The first-order chi connectivity index (χ1) is 8.61. The number of hydrogen-bond acceptors (Lipinski definition) is 4. The van der Waals surface area contributed by atoms with E-state index in [9.17, 15) is 9.90 Å². The van der Waals surface area contributed by atoms with Crippen molar-refractivity contribution in [3.05, 3.63) is 44.8 Å². The predicted molar refractivity (Wildman–Crippen MR) is 70.4 cm³/mol. The number of benzene rings is 1. The minimum absolute atomic E-state index is 0.162. The van der Waals surface area contributed by atoms with Crippen LogP contribution in [0.1, 0.15) is 5.69 Å². The van der Waals surface area contributed by atoms with Crippen molar-refractivity contribution in [1.82, 2.24) is 9.97 Å². The number of phenolic OH excluding ortho intramolecular Hbond substituents is 1. The monoisotopic (exact) mass is 310 g/mol. The number of phenols is 1. The molecule has 1 heterocycles. The number of nitrogens with one attached hydrogen (secondary N) is 1. The zero-order valence-corrected chi connectivity index (χ0v) is 11.2. The Bertz CT molecular complexity index is 608. The standard InChI is InChI=1S/C12H11BrN2O3/c1-18-6-9-10(13)12(17)15-11(14-9)7-2-4-8(16)5-3-7/h2-5,16H,6H2,1H3,(H,14,15,17). The number of aromatic nitrogens is 2. The molecule has 1 aromatic carbocycles. The van der Waals surface area contributed by atoms with Crippen molar-refractivity contribution in [2.75, 3.05) is 7.11 Å². The van der Waals surface area contributed by atoms with Gasteiger partial charge in [-0.05, 0) is 40.2 Å². The van der Waals surface area contributed by atoms with Gasteiger partial charge in [0.15, 0.2) is 0 Å². The molecule has 2 N–H and O–H groups in total. The molecule has 0 amide bonds. The van der Waals surface area contributed by atoms with E-state index in [4.69, 9.17) is 4.74 Å². The van der Waals surface area contributed by atoms with Gasteiger partial charge in [-0.15, -0.1) is 0 Å². The van der Waals surface area contributed by atoms with Gasteiger partial charge in [0.2, 0.25) is 0 Å². The lowest BCUT2D eigenvalue weighted by Crippen LogP contribution is -2.14. The van der Waals surface area contributed by atoms with Gasteiger partial charge in [0.25, 0.3) is 5.56 Å². The third kappa shape index (κ3) is 2.60. The van der Waals surface area contributed by atoms with Crippen molar-refractivity contribution < 1.29 is 9.84 Å². The van der Waals surface area contributed by atoms with Gasteiger partial charge in [-0.1, -0.05) is 0 Å². The molecule has 5 nitrogen and oxygen atoms in total. The third-order valence-electron chi connectivity index (χ3n) is 2.35. The Morgan fingerprint density at radius 2 is 2.06 bits per heavy atom. The topological polar surface area (TPSA) is 75.2 Å². The van der Waals surface area contributed by atoms with Crippen LogP contribution in [-0.2, 0) is 11.3 Å².